The highest BCUT2D eigenvalue weighted by Crippen LogP contribution is 2.32. The summed E-state index contributed by atoms with van der Waals surface area (Å²) >= 11 is 1.55. The van der Waals surface area contributed by atoms with E-state index in [0.717, 1.165) is 10.6 Å². The van der Waals surface area contributed by atoms with Gasteiger partial charge in [-0.1, -0.05) is 5.16 Å². The van der Waals surface area contributed by atoms with Crippen molar-refractivity contribution < 1.29 is 9.26 Å². The molecule has 4 N–H and O–H groups in total. The Balaban J connectivity index is 2.05. The quantitative estimate of drug-likeness (QED) is 0.623. The molecule has 7 heteroatoms. The molecule has 0 aliphatic heterocycles. The molecule has 0 amide bonds. The molecule has 1 heterocycles. The molecular formula is C11H14N4O2S. The van der Waals surface area contributed by atoms with Crippen LogP contribution in [0.15, 0.2) is 27.6 Å². The third-order valence-electron chi connectivity index (χ3n) is 2.23. The minimum atomic E-state index is 0.253. The number of benzene rings is 1. The van der Waals surface area contributed by atoms with E-state index in [-0.39, 0.29) is 6.54 Å². The summed E-state index contributed by atoms with van der Waals surface area (Å²) in [6, 6.07) is 5.51. The van der Waals surface area contributed by atoms with E-state index in [4.69, 9.17) is 20.7 Å². The summed E-state index contributed by atoms with van der Waals surface area (Å²) < 4.78 is 10.2. The normalized spacial score (nSPS) is 10.6. The Hall–Kier alpha value is -1.73. The summed E-state index contributed by atoms with van der Waals surface area (Å²) in [7, 11) is 1.61. The van der Waals surface area contributed by atoms with Crippen molar-refractivity contribution in [2.75, 3.05) is 12.8 Å². The van der Waals surface area contributed by atoms with Crippen molar-refractivity contribution in [2.45, 2.75) is 17.2 Å². The predicted molar refractivity (Wildman–Crippen MR) is 69.2 cm³/mol. The molecule has 0 fully saturated rings. The molecule has 0 radical (unpaired) electrons. The standard InChI is InChI=1S/C11H14N4O2S/c1-16-8-4-7(13)2-3-9(8)18-6-10-14-11(5-12)17-15-10/h2-4H,5-6,12-13H2,1H3. The number of aromatic nitrogens is 2. The Bertz CT molecular complexity index is 530. The van der Waals surface area contributed by atoms with Gasteiger partial charge < -0.3 is 20.7 Å². The third kappa shape index (κ3) is 2.93. The first-order valence-corrected chi connectivity index (χ1v) is 6.29. The summed E-state index contributed by atoms with van der Waals surface area (Å²) in [5, 5.41) is 3.82. The van der Waals surface area contributed by atoms with E-state index < -0.39 is 0 Å². The molecule has 18 heavy (non-hydrogen) atoms. The summed E-state index contributed by atoms with van der Waals surface area (Å²) in [6.07, 6.45) is 0. The van der Waals surface area contributed by atoms with Gasteiger partial charge in [0.25, 0.3) is 0 Å². The lowest BCUT2D eigenvalue weighted by molar-refractivity contribution is 0.376. The lowest BCUT2D eigenvalue weighted by Crippen LogP contribution is -1.96. The van der Waals surface area contributed by atoms with Gasteiger partial charge in [-0.05, 0) is 12.1 Å². The SMILES string of the molecule is COc1cc(N)ccc1SCc1noc(CN)n1. The zero-order valence-corrected chi connectivity index (χ0v) is 10.7. The third-order valence-corrected chi connectivity index (χ3v) is 3.28. The second-order valence-corrected chi connectivity index (χ2v) is 4.52. The first kappa shape index (κ1) is 12.7. The molecule has 6 nitrogen and oxygen atoms in total. The summed E-state index contributed by atoms with van der Waals surface area (Å²) in [5.74, 6) is 2.38. The van der Waals surface area contributed by atoms with E-state index in [1.54, 1.807) is 24.9 Å². The molecule has 0 unspecified atom stereocenters. The Morgan fingerprint density at radius 2 is 2.28 bits per heavy atom. The van der Waals surface area contributed by atoms with Crippen LogP contribution in [-0.2, 0) is 12.3 Å². The van der Waals surface area contributed by atoms with Crippen molar-refractivity contribution >= 4 is 17.4 Å². The lowest BCUT2D eigenvalue weighted by atomic mass is 10.3. The van der Waals surface area contributed by atoms with Gasteiger partial charge in [-0.25, -0.2) is 0 Å². The number of ether oxygens (including phenoxy) is 1. The van der Waals surface area contributed by atoms with Gasteiger partial charge in [0.05, 0.1) is 19.4 Å². The topological polar surface area (TPSA) is 100 Å². The molecule has 0 atom stereocenters. The molecule has 96 valence electrons. The maximum absolute atomic E-state index is 5.69. The maximum Gasteiger partial charge on any atom is 0.240 e. The fourth-order valence-electron chi connectivity index (χ4n) is 1.38. The van der Waals surface area contributed by atoms with Gasteiger partial charge in [0.2, 0.25) is 5.89 Å². The van der Waals surface area contributed by atoms with Crippen molar-refractivity contribution in [3.63, 3.8) is 0 Å². The number of methoxy groups -OCH3 is 1. The van der Waals surface area contributed by atoms with E-state index in [0.29, 0.717) is 23.2 Å². The minimum absolute atomic E-state index is 0.253. The Morgan fingerprint density at radius 1 is 1.44 bits per heavy atom. The van der Waals surface area contributed by atoms with Gasteiger partial charge in [0, 0.05) is 16.6 Å². The molecule has 1 aromatic heterocycles. The smallest absolute Gasteiger partial charge is 0.240 e. The van der Waals surface area contributed by atoms with Crippen LogP contribution < -0.4 is 16.2 Å². The van der Waals surface area contributed by atoms with Crippen LogP contribution in [0.1, 0.15) is 11.7 Å². The largest absolute Gasteiger partial charge is 0.496 e. The molecule has 2 rings (SSSR count). The second-order valence-electron chi connectivity index (χ2n) is 3.51. The van der Waals surface area contributed by atoms with Crippen molar-refractivity contribution in [1.29, 1.82) is 0 Å². The molecule has 1 aromatic carbocycles. The average Bonchev–Trinajstić information content (AvgIpc) is 2.85. The van der Waals surface area contributed by atoms with Crippen LogP contribution in [0.4, 0.5) is 5.69 Å². The average molecular weight is 266 g/mol. The van der Waals surface area contributed by atoms with Crippen LogP contribution in [0.5, 0.6) is 5.75 Å². The molecule has 0 aliphatic carbocycles. The van der Waals surface area contributed by atoms with Crippen molar-refractivity contribution in [3.05, 3.63) is 29.9 Å². The van der Waals surface area contributed by atoms with E-state index in [1.807, 2.05) is 12.1 Å². The molecule has 0 saturated heterocycles. The summed E-state index contributed by atoms with van der Waals surface area (Å²) in [4.78, 5) is 5.11. The minimum Gasteiger partial charge on any atom is -0.496 e. The first-order valence-electron chi connectivity index (χ1n) is 5.30. The monoisotopic (exact) mass is 266 g/mol. The van der Waals surface area contributed by atoms with Gasteiger partial charge in [0.15, 0.2) is 5.82 Å². The Labute approximate surface area is 109 Å². The Morgan fingerprint density at radius 3 is 2.94 bits per heavy atom. The van der Waals surface area contributed by atoms with Gasteiger partial charge in [-0.3, -0.25) is 0 Å². The van der Waals surface area contributed by atoms with Crippen molar-refractivity contribution in [2.24, 2.45) is 5.73 Å². The van der Waals surface area contributed by atoms with Gasteiger partial charge in [-0.2, -0.15) is 4.98 Å². The summed E-state index contributed by atoms with van der Waals surface area (Å²) in [6.45, 7) is 0.253. The highest BCUT2D eigenvalue weighted by atomic mass is 32.2. The number of hydrogen-bond donors (Lipinski definition) is 2. The van der Waals surface area contributed by atoms with Gasteiger partial charge in [0.1, 0.15) is 5.75 Å². The maximum atomic E-state index is 5.69. The molecular weight excluding hydrogens is 252 g/mol. The molecule has 0 spiro atoms. The van der Waals surface area contributed by atoms with Crippen molar-refractivity contribution in [1.82, 2.24) is 10.1 Å². The van der Waals surface area contributed by atoms with Crippen LogP contribution >= 0.6 is 11.8 Å². The number of anilines is 1. The van der Waals surface area contributed by atoms with Gasteiger partial charge >= 0.3 is 0 Å². The Kier molecular flexibility index (Phi) is 4.06. The van der Waals surface area contributed by atoms with Gasteiger partial charge in [-0.15, -0.1) is 11.8 Å². The summed E-state index contributed by atoms with van der Waals surface area (Å²) in [5.41, 5.74) is 11.8. The van der Waals surface area contributed by atoms with Crippen LogP contribution in [0.3, 0.4) is 0 Å². The van der Waals surface area contributed by atoms with Crippen LogP contribution in [0, 0.1) is 0 Å². The number of nitrogens with zero attached hydrogens (tertiary/aromatic N) is 2. The number of thioether (sulfide) groups is 1. The number of rotatable bonds is 5. The predicted octanol–water partition coefficient (Wildman–Crippen LogP) is 1.41. The van der Waals surface area contributed by atoms with Crippen LogP contribution in [-0.4, -0.2) is 17.3 Å². The van der Waals surface area contributed by atoms with E-state index in [2.05, 4.69) is 10.1 Å². The molecule has 0 aliphatic rings. The molecule has 0 bridgehead atoms. The van der Waals surface area contributed by atoms with E-state index in [9.17, 15) is 0 Å². The fourth-order valence-corrected chi connectivity index (χ4v) is 2.23. The first-order chi connectivity index (χ1) is 8.72. The van der Waals surface area contributed by atoms with E-state index >= 15 is 0 Å². The second kappa shape index (κ2) is 5.74. The van der Waals surface area contributed by atoms with Crippen LogP contribution in [0.25, 0.3) is 0 Å². The lowest BCUT2D eigenvalue weighted by Gasteiger charge is -2.07. The highest BCUT2D eigenvalue weighted by molar-refractivity contribution is 7.98. The van der Waals surface area contributed by atoms with E-state index in [1.165, 1.54) is 0 Å². The molecule has 2 aromatic rings. The zero-order chi connectivity index (χ0) is 13.0. The molecule has 0 saturated carbocycles. The number of hydrogen-bond acceptors (Lipinski definition) is 7. The highest BCUT2D eigenvalue weighted by Gasteiger charge is 2.08. The van der Waals surface area contributed by atoms with Crippen LogP contribution in [0.2, 0.25) is 0 Å². The number of nitrogen functional groups attached to an aromatic ring is 1. The fraction of sp³-hybridized carbons (Fsp3) is 0.273. The van der Waals surface area contributed by atoms with Crippen molar-refractivity contribution in [3.8, 4) is 5.75 Å². The number of nitrogens with two attached hydrogens (primary N) is 2. The zero-order valence-electron chi connectivity index (χ0n) is 9.92.